The average molecular weight is 353 g/mol. The molecule has 2 aromatic carbocycles. The summed E-state index contributed by atoms with van der Waals surface area (Å²) in [6.07, 6.45) is 0. The highest BCUT2D eigenvalue weighted by Gasteiger charge is 2.04. The second kappa shape index (κ2) is 7.08. The maximum Gasteiger partial charge on any atom is 0.255 e. The molecule has 0 fully saturated rings. The maximum absolute atomic E-state index is 12.8. The van der Waals surface area contributed by atoms with E-state index in [1.54, 1.807) is 18.2 Å². The van der Waals surface area contributed by atoms with Crippen LogP contribution in [0, 0.1) is 5.82 Å². The fourth-order valence-corrected chi connectivity index (χ4v) is 2.23. The van der Waals surface area contributed by atoms with Crippen LogP contribution in [0.5, 0.6) is 5.75 Å². The molecule has 0 saturated heterocycles. The third-order valence-electron chi connectivity index (χ3n) is 2.71. The van der Waals surface area contributed by atoms with E-state index in [1.807, 2.05) is 12.1 Å². The molecule has 0 heterocycles. The highest BCUT2D eigenvalue weighted by atomic mass is 79.9. The predicted molar refractivity (Wildman–Crippen MR) is 82.6 cm³/mol. The Morgan fingerprint density at radius 3 is 2.57 bits per heavy atom. The Balaban J connectivity index is 1.96. The van der Waals surface area contributed by atoms with Gasteiger partial charge in [-0.2, -0.15) is 0 Å². The summed E-state index contributed by atoms with van der Waals surface area (Å²) in [5.41, 5.74) is 6.87. The number of rotatable bonds is 6. The van der Waals surface area contributed by atoms with Crippen molar-refractivity contribution in [2.45, 2.75) is 6.54 Å². The number of amides is 1. The quantitative estimate of drug-likeness (QED) is 0.839. The third-order valence-corrected chi connectivity index (χ3v) is 3.33. The minimum atomic E-state index is -0.524. The number of benzene rings is 2. The fraction of sp³-hybridized carbons (Fsp3) is 0.133. The van der Waals surface area contributed by atoms with Gasteiger partial charge in [0.15, 0.2) is 6.61 Å². The van der Waals surface area contributed by atoms with Crippen LogP contribution < -0.4 is 15.8 Å². The van der Waals surface area contributed by atoms with Crippen molar-refractivity contribution in [2.24, 2.45) is 5.73 Å². The zero-order chi connectivity index (χ0) is 15.2. The van der Waals surface area contributed by atoms with Crippen molar-refractivity contribution in [3.63, 3.8) is 0 Å². The topological polar surface area (TPSA) is 64.4 Å². The Kier molecular flexibility index (Phi) is 5.16. The molecular formula is C15H14BrFN2O2. The van der Waals surface area contributed by atoms with Crippen LogP contribution >= 0.6 is 15.9 Å². The lowest BCUT2D eigenvalue weighted by Crippen LogP contribution is -2.20. The standard InChI is InChI=1S/C15H14BrFN2O2/c16-13-7-10(1-6-14(13)21-9-15(18)20)8-19-12-4-2-11(17)3-5-12/h1-7,19H,8-9H2,(H2,18,20). The van der Waals surface area contributed by atoms with Gasteiger partial charge in [0.25, 0.3) is 5.91 Å². The first kappa shape index (κ1) is 15.3. The maximum atomic E-state index is 12.8. The van der Waals surface area contributed by atoms with Gasteiger partial charge in [-0.3, -0.25) is 4.79 Å². The molecule has 3 N–H and O–H groups in total. The summed E-state index contributed by atoms with van der Waals surface area (Å²) >= 11 is 3.38. The molecule has 0 saturated carbocycles. The van der Waals surface area contributed by atoms with Crippen molar-refractivity contribution >= 4 is 27.5 Å². The van der Waals surface area contributed by atoms with Crippen LogP contribution in [0.25, 0.3) is 0 Å². The summed E-state index contributed by atoms with van der Waals surface area (Å²) in [6.45, 7) is 0.423. The van der Waals surface area contributed by atoms with Gasteiger partial charge in [0.05, 0.1) is 4.47 Å². The van der Waals surface area contributed by atoms with Crippen molar-refractivity contribution in [1.82, 2.24) is 0 Å². The van der Waals surface area contributed by atoms with Gasteiger partial charge in [-0.05, 0) is 57.9 Å². The third kappa shape index (κ3) is 4.75. The number of anilines is 1. The fourth-order valence-electron chi connectivity index (χ4n) is 1.69. The number of hydrogen-bond acceptors (Lipinski definition) is 3. The molecule has 0 aliphatic carbocycles. The Hall–Kier alpha value is -2.08. The molecule has 0 radical (unpaired) electrons. The van der Waals surface area contributed by atoms with E-state index in [4.69, 9.17) is 10.5 Å². The summed E-state index contributed by atoms with van der Waals surface area (Å²) in [5, 5.41) is 3.18. The molecule has 21 heavy (non-hydrogen) atoms. The molecule has 0 spiro atoms. The van der Waals surface area contributed by atoms with E-state index in [-0.39, 0.29) is 12.4 Å². The average Bonchev–Trinajstić information content (AvgIpc) is 2.45. The minimum Gasteiger partial charge on any atom is -0.483 e. The van der Waals surface area contributed by atoms with E-state index >= 15 is 0 Å². The van der Waals surface area contributed by atoms with Crippen LogP contribution in [0.1, 0.15) is 5.56 Å². The van der Waals surface area contributed by atoms with E-state index < -0.39 is 5.91 Å². The van der Waals surface area contributed by atoms with Crippen LogP contribution in [0.4, 0.5) is 10.1 Å². The van der Waals surface area contributed by atoms with Gasteiger partial charge in [0, 0.05) is 12.2 Å². The highest BCUT2D eigenvalue weighted by molar-refractivity contribution is 9.10. The first-order valence-electron chi connectivity index (χ1n) is 6.23. The highest BCUT2D eigenvalue weighted by Crippen LogP contribution is 2.26. The molecule has 2 aromatic rings. The van der Waals surface area contributed by atoms with Crippen LogP contribution in [-0.4, -0.2) is 12.5 Å². The number of ether oxygens (including phenoxy) is 1. The second-order valence-corrected chi connectivity index (χ2v) is 5.23. The first-order chi connectivity index (χ1) is 10.0. The van der Waals surface area contributed by atoms with Crippen molar-refractivity contribution in [1.29, 1.82) is 0 Å². The monoisotopic (exact) mass is 352 g/mol. The number of primary amides is 1. The summed E-state index contributed by atoms with van der Waals surface area (Å²) < 4.78 is 18.8. The number of hydrogen-bond donors (Lipinski definition) is 2. The molecule has 4 nitrogen and oxygen atoms in total. The number of carbonyl (C=O) groups excluding carboxylic acids is 1. The predicted octanol–water partition coefficient (Wildman–Crippen LogP) is 3.06. The molecule has 110 valence electrons. The van der Waals surface area contributed by atoms with Crippen LogP contribution in [0.15, 0.2) is 46.9 Å². The normalized spacial score (nSPS) is 10.2. The van der Waals surface area contributed by atoms with Gasteiger partial charge in [0.2, 0.25) is 0 Å². The zero-order valence-corrected chi connectivity index (χ0v) is 12.7. The van der Waals surface area contributed by atoms with Crippen LogP contribution in [-0.2, 0) is 11.3 Å². The number of nitrogens with two attached hydrogens (primary N) is 1. The van der Waals surface area contributed by atoms with E-state index in [1.165, 1.54) is 12.1 Å². The second-order valence-electron chi connectivity index (χ2n) is 4.38. The lowest BCUT2D eigenvalue weighted by atomic mass is 10.2. The van der Waals surface area contributed by atoms with Crippen molar-refractivity contribution in [3.05, 3.63) is 58.3 Å². The molecule has 0 aliphatic heterocycles. The molecule has 0 unspecified atom stereocenters. The van der Waals surface area contributed by atoms with Gasteiger partial charge < -0.3 is 15.8 Å². The van der Waals surface area contributed by atoms with Gasteiger partial charge in [-0.15, -0.1) is 0 Å². The number of nitrogens with one attached hydrogen (secondary N) is 1. The van der Waals surface area contributed by atoms with Gasteiger partial charge in [0.1, 0.15) is 11.6 Å². The lowest BCUT2D eigenvalue weighted by Gasteiger charge is -2.10. The van der Waals surface area contributed by atoms with Gasteiger partial charge >= 0.3 is 0 Å². The molecule has 0 atom stereocenters. The summed E-state index contributed by atoms with van der Waals surface area (Å²) in [6, 6.07) is 11.7. The smallest absolute Gasteiger partial charge is 0.255 e. The summed E-state index contributed by atoms with van der Waals surface area (Å²) in [4.78, 5) is 10.7. The number of halogens is 2. The largest absolute Gasteiger partial charge is 0.483 e. The molecule has 0 aromatic heterocycles. The van der Waals surface area contributed by atoms with E-state index in [0.29, 0.717) is 12.3 Å². The molecule has 0 aliphatic rings. The minimum absolute atomic E-state index is 0.161. The van der Waals surface area contributed by atoms with E-state index in [0.717, 1.165) is 15.7 Å². The SMILES string of the molecule is NC(=O)COc1ccc(CNc2ccc(F)cc2)cc1Br. The van der Waals surface area contributed by atoms with Gasteiger partial charge in [-0.1, -0.05) is 6.07 Å². The molecule has 0 bridgehead atoms. The lowest BCUT2D eigenvalue weighted by molar-refractivity contribution is -0.119. The summed E-state index contributed by atoms with van der Waals surface area (Å²) in [5.74, 6) is -0.234. The molecular weight excluding hydrogens is 339 g/mol. The zero-order valence-electron chi connectivity index (χ0n) is 11.1. The van der Waals surface area contributed by atoms with E-state index in [2.05, 4.69) is 21.2 Å². The Morgan fingerprint density at radius 2 is 1.95 bits per heavy atom. The Morgan fingerprint density at radius 1 is 1.24 bits per heavy atom. The van der Waals surface area contributed by atoms with Crippen LogP contribution in [0.3, 0.4) is 0 Å². The molecule has 1 amide bonds. The Labute approximate surface area is 130 Å². The van der Waals surface area contributed by atoms with Crippen molar-refractivity contribution in [2.75, 3.05) is 11.9 Å². The summed E-state index contributed by atoms with van der Waals surface area (Å²) in [7, 11) is 0. The molecule has 2 rings (SSSR count). The van der Waals surface area contributed by atoms with Gasteiger partial charge in [-0.25, -0.2) is 4.39 Å². The molecule has 6 heteroatoms. The van der Waals surface area contributed by atoms with Crippen molar-refractivity contribution in [3.8, 4) is 5.75 Å². The van der Waals surface area contributed by atoms with Crippen molar-refractivity contribution < 1.29 is 13.9 Å². The number of carbonyl (C=O) groups is 1. The Bertz CT molecular complexity index is 632. The first-order valence-corrected chi connectivity index (χ1v) is 7.03. The van der Waals surface area contributed by atoms with Crippen LogP contribution in [0.2, 0.25) is 0 Å². The van der Waals surface area contributed by atoms with E-state index in [9.17, 15) is 9.18 Å².